The van der Waals surface area contributed by atoms with Gasteiger partial charge < -0.3 is 14.9 Å². The molecule has 0 aliphatic heterocycles. The fourth-order valence-corrected chi connectivity index (χ4v) is 3.17. The van der Waals surface area contributed by atoms with E-state index in [-0.39, 0.29) is 18.4 Å². The maximum Gasteiger partial charge on any atom is 0.416 e. The molecule has 0 fully saturated rings. The van der Waals surface area contributed by atoms with Crippen LogP contribution in [0.25, 0.3) is 0 Å². The Kier molecular flexibility index (Phi) is 7.03. The van der Waals surface area contributed by atoms with Crippen molar-refractivity contribution < 1.29 is 37.7 Å². The number of phenols is 1. The van der Waals surface area contributed by atoms with Crippen molar-refractivity contribution in [2.24, 2.45) is 0 Å². The molecule has 0 aliphatic rings. The molecule has 8 heteroatoms. The highest BCUT2D eigenvalue weighted by Crippen LogP contribution is 2.34. The van der Waals surface area contributed by atoms with Crippen molar-refractivity contribution in [1.82, 2.24) is 0 Å². The summed E-state index contributed by atoms with van der Waals surface area (Å²) in [7, 11) is 0. The van der Waals surface area contributed by atoms with Crippen LogP contribution in [0, 0.1) is 13.8 Å². The van der Waals surface area contributed by atoms with Crippen LogP contribution in [0.4, 0.5) is 13.2 Å². The number of carboxylic acids is 1. The van der Waals surface area contributed by atoms with E-state index in [1.54, 1.807) is 32.9 Å². The normalized spacial score (nSPS) is 13.5. The Labute approximate surface area is 178 Å². The number of Topliss-reactive ketones (excluding diaryl/α,β-unsaturated/α-hetero) is 1. The Balaban J connectivity index is 2.16. The number of carbonyl (C=O) groups is 2. The number of ether oxygens (including phenoxy) is 1. The van der Waals surface area contributed by atoms with Crippen LogP contribution in [-0.2, 0) is 17.4 Å². The van der Waals surface area contributed by atoms with Crippen molar-refractivity contribution in [2.45, 2.75) is 58.7 Å². The Hall–Kier alpha value is -3.03. The number of phenolic OH excluding ortho intramolecular Hbond substituents is 1. The third-order valence-corrected chi connectivity index (χ3v) is 5.24. The van der Waals surface area contributed by atoms with E-state index >= 15 is 0 Å². The molecular weight excluding hydrogens is 413 g/mol. The highest BCUT2D eigenvalue weighted by atomic mass is 19.4. The molecule has 168 valence electrons. The number of carbonyl (C=O) groups excluding carboxylic acids is 1. The molecule has 0 bridgehead atoms. The zero-order valence-electron chi connectivity index (χ0n) is 17.8. The van der Waals surface area contributed by atoms with Crippen LogP contribution < -0.4 is 4.74 Å². The SMILES string of the molecule is CCC(C)(Oc1c(C)cc(CCC(=O)c2ccc(C(F)(F)F)cc2O)cc1C)C(=O)O. The summed E-state index contributed by atoms with van der Waals surface area (Å²) in [4.78, 5) is 23.9. The van der Waals surface area contributed by atoms with E-state index < -0.39 is 34.8 Å². The predicted molar refractivity (Wildman–Crippen MR) is 109 cm³/mol. The van der Waals surface area contributed by atoms with Crippen molar-refractivity contribution in [3.63, 3.8) is 0 Å². The molecule has 0 saturated heterocycles. The number of aliphatic carboxylic acids is 1. The summed E-state index contributed by atoms with van der Waals surface area (Å²) >= 11 is 0. The molecule has 1 atom stereocenters. The third-order valence-electron chi connectivity index (χ3n) is 5.24. The molecule has 0 saturated carbocycles. The smallest absolute Gasteiger partial charge is 0.416 e. The topological polar surface area (TPSA) is 83.8 Å². The largest absolute Gasteiger partial charge is 0.507 e. The average molecular weight is 438 g/mol. The fraction of sp³-hybridized carbons (Fsp3) is 0.391. The quantitative estimate of drug-likeness (QED) is 0.534. The lowest BCUT2D eigenvalue weighted by Crippen LogP contribution is -2.41. The van der Waals surface area contributed by atoms with Crippen LogP contribution in [0.15, 0.2) is 30.3 Å². The van der Waals surface area contributed by atoms with Crippen molar-refractivity contribution in [3.05, 3.63) is 58.1 Å². The van der Waals surface area contributed by atoms with Crippen molar-refractivity contribution in [1.29, 1.82) is 0 Å². The molecule has 0 aliphatic carbocycles. The van der Waals surface area contributed by atoms with Gasteiger partial charge in [-0.05, 0) is 68.5 Å². The molecule has 0 heterocycles. The summed E-state index contributed by atoms with van der Waals surface area (Å²) in [5.41, 5.74) is -0.352. The second kappa shape index (κ2) is 8.99. The fourth-order valence-electron chi connectivity index (χ4n) is 3.17. The zero-order chi connectivity index (χ0) is 23.6. The van der Waals surface area contributed by atoms with E-state index in [1.807, 2.05) is 0 Å². The first-order chi connectivity index (χ1) is 14.3. The number of halogens is 3. The summed E-state index contributed by atoms with van der Waals surface area (Å²) in [6.45, 7) is 6.76. The highest BCUT2D eigenvalue weighted by molar-refractivity contribution is 5.98. The molecule has 31 heavy (non-hydrogen) atoms. The summed E-state index contributed by atoms with van der Waals surface area (Å²) in [6.07, 6.45) is -4.05. The zero-order valence-corrected chi connectivity index (χ0v) is 17.8. The van der Waals surface area contributed by atoms with Gasteiger partial charge >= 0.3 is 12.1 Å². The number of aryl methyl sites for hydroxylation is 3. The Morgan fingerprint density at radius 3 is 2.10 bits per heavy atom. The molecule has 5 nitrogen and oxygen atoms in total. The number of ketones is 1. The number of aromatic hydroxyl groups is 1. The van der Waals surface area contributed by atoms with Crippen LogP contribution >= 0.6 is 0 Å². The molecule has 0 aromatic heterocycles. The first kappa shape index (κ1) is 24.2. The monoisotopic (exact) mass is 438 g/mol. The predicted octanol–water partition coefficient (Wildman–Crippen LogP) is 5.48. The number of hydrogen-bond acceptors (Lipinski definition) is 4. The molecule has 0 amide bonds. The molecule has 0 radical (unpaired) electrons. The van der Waals surface area contributed by atoms with E-state index in [4.69, 9.17) is 4.74 Å². The van der Waals surface area contributed by atoms with Gasteiger partial charge in [0.15, 0.2) is 5.78 Å². The van der Waals surface area contributed by atoms with Crippen molar-refractivity contribution in [3.8, 4) is 11.5 Å². The minimum Gasteiger partial charge on any atom is -0.507 e. The average Bonchev–Trinajstić information content (AvgIpc) is 2.67. The number of alkyl halides is 3. The van der Waals surface area contributed by atoms with Gasteiger partial charge in [-0.3, -0.25) is 4.79 Å². The Bertz CT molecular complexity index is 974. The van der Waals surface area contributed by atoms with E-state index in [1.165, 1.54) is 6.92 Å². The molecule has 0 spiro atoms. The van der Waals surface area contributed by atoms with Gasteiger partial charge in [0.1, 0.15) is 11.5 Å². The Morgan fingerprint density at radius 2 is 1.65 bits per heavy atom. The van der Waals surface area contributed by atoms with Gasteiger partial charge in [-0.1, -0.05) is 19.1 Å². The van der Waals surface area contributed by atoms with E-state index in [0.29, 0.717) is 29.4 Å². The molecule has 1 unspecified atom stereocenters. The van der Waals surface area contributed by atoms with Crippen molar-refractivity contribution >= 4 is 11.8 Å². The summed E-state index contributed by atoms with van der Waals surface area (Å²) in [6, 6.07) is 5.84. The van der Waals surface area contributed by atoms with Crippen LogP contribution in [0.5, 0.6) is 11.5 Å². The van der Waals surface area contributed by atoms with E-state index in [2.05, 4.69) is 0 Å². The lowest BCUT2D eigenvalue weighted by atomic mass is 9.97. The second-order valence-electron chi connectivity index (χ2n) is 7.70. The first-order valence-electron chi connectivity index (χ1n) is 9.74. The first-order valence-corrected chi connectivity index (χ1v) is 9.74. The maximum atomic E-state index is 12.7. The van der Waals surface area contributed by atoms with Crippen LogP contribution in [0.3, 0.4) is 0 Å². The van der Waals surface area contributed by atoms with Crippen LogP contribution in [-0.4, -0.2) is 27.6 Å². The standard InChI is InChI=1S/C23H25F3O5/c1-5-22(4,21(29)30)31-20-13(2)10-15(11-14(20)3)6-9-18(27)17-8-7-16(12-19(17)28)23(24,25)26/h7-8,10-12,28H,5-6,9H2,1-4H3,(H,29,30). The van der Waals surface area contributed by atoms with Gasteiger partial charge in [0.05, 0.1) is 11.1 Å². The van der Waals surface area contributed by atoms with Gasteiger partial charge in [0, 0.05) is 6.42 Å². The second-order valence-corrected chi connectivity index (χ2v) is 7.70. The summed E-state index contributed by atoms with van der Waals surface area (Å²) < 4.78 is 43.9. The molecule has 2 aromatic rings. The minimum atomic E-state index is -4.60. The molecular formula is C23H25F3O5. The number of hydrogen-bond donors (Lipinski definition) is 2. The maximum absolute atomic E-state index is 12.7. The third kappa shape index (κ3) is 5.57. The lowest BCUT2D eigenvalue weighted by Gasteiger charge is -2.27. The summed E-state index contributed by atoms with van der Waals surface area (Å²) in [5.74, 6) is -1.79. The van der Waals surface area contributed by atoms with Gasteiger partial charge in [0.25, 0.3) is 0 Å². The molecule has 2 aromatic carbocycles. The van der Waals surface area contributed by atoms with Crippen LogP contribution in [0.1, 0.15) is 59.3 Å². The molecule has 2 N–H and O–H groups in total. The number of rotatable bonds is 8. The number of carboxylic acid groups (broad SMARTS) is 1. The van der Waals surface area contributed by atoms with Crippen LogP contribution in [0.2, 0.25) is 0 Å². The van der Waals surface area contributed by atoms with Gasteiger partial charge in [0.2, 0.25) is 5.60 Å². The Morgan fingerprint density at radius 1 is 1.06 bits per heavy atom. The number of benzene rings is 2. The molecule has 2 rings (SSSR count). The van der Waals surface area contributed by atoms with Gasteiger partial charge in [-0.15, -0.1) is 0 Å². The highest BCUT2D eigenvalue weighted by Gasteiger charge is 2.34. The van der Waals surface area contributed by atoms with Gasteiger partial charge in [-0.25, -0.2) is 4.79 Å². The lowest BCUT2D eigenvalue weighted by molar-refractivity contribution is -0.154. The van der Waals surface area contributed by atoms with E-state index in [9.17, 15) is 33.0 Å². The van der Waals surface area contributed by atoms with E-state index in [0.717, 1.165) is 17.7 Å². The van der Waals surface area contributed by atoms with Crippen molar-refractivity contribution in [2.75, 3.05) is 0 Å². The summed E-state index contributed by atoms with van der Waals surface area (Å²) in [5, 5.41) is 19.3. The van der Waals surface area contributed by atoms with Gasteiger partial charge in [-0.2, -0.15) is 13.2 Å². The minimum absolute atomic E-state index is 0.0141.